The van der Waals surface area contributed by atoms with E-state index in [1.54, 1.807) is 35.2 Å². The van der Waals surface area contributed by atoms with Crippen LogP contribution in [-0.4, -0.2) is 65.2 Å². The standard InChI is InChI=1S/C15H15N9O2/c1-23-4-5-24-11(15(23)26)6-9(22-24)14(25)18-8-12-19-13(21-20-12)10-7-16-2-3-17-10/h2-3,6-7H,4-5,8H2,1H3,(H,18,25)(H,19,20,21). The van der Waals surface area contributed by atoms with Crippen LogP contribution in [0.25, 0.3) is 11.5 Å². The van der Waals surface area contributed by atoms with Crippen molar-refractivity contribution in [2.75, 3.05) is 13.6 Å². The van der Waals surface area contributed by atoms with Gasteiger partial charge in [0.25, 0.3) is 11.8 Å². The fourth-order valence-corrected chi connectivity index (χ4v) is 2.57. The van der Waals surface area contributed by atoms with Crippen molar-refractivity contribution >= 4 is 11.8 Å². The van der Waals surface area contributed by atoms with Gasteiger partial charge in [0.05, 0.1) is 19.3 Å². The largest absolute Gasteiger partial charge is 0.343 e. The predicted octanol–water partition coefficient (Wildman–Crippen LogP) is -0.526. The summed E-state index contributed by atoms with van der Waals surface area (Å²) in [5.74, 6) is 0.332. The first-order valence-corrected chi connectivity index (χ1v) is 7.91. The second kappa shape index (κ2) is 6.35. The first-order valence-electron chi connectivity index (χ1n) is 7.91. The molecule has 3 aromatic heterocycles. The van der Waals surface area contributed by atoms with Gasteiger partial charge in [-0.25, -0.2) is 9.97 Å². The molecule has 0 spiro atoms. The van der Waals surface area contributed by atoms with Crippen LogP contribution in [0.15, 0.2) is 24.7 Å². The highest BCUT2D eigenvalue weighted by Crippen LogP contribution is 2.13. The Labute approximate surface area is 147 Å². The van der Waals surface area contributed by atoms with Gasteiger partial charge in [0.15, 0.2) is 5.69 Å². The zero-order chi connectivity index (χ0) is 18.1. The van der Waals surface area contributed by atoms with E-state index in [2.05, 4.69) is 35.6 Å². The lowest BCUT2D eigenvalue weighted by Gasteiger charge is -2.22. The number of amides is 2. The van der Waals surface area contributed by atoms with E-state index >= 15 is 0 Å². The molecule has 0 radical (unpaired) electrons. The van der Waals surface area contributed by atoms with Gasteiger partial charge in [-0.05, 0) is 0 Å². The van der Waals surface area contributed by atoms with Gasteiger partial charge in [-0.3, -0.25) is 24.4 Å². The number of nitrogens with one attached hydrogen (secondary N) is 2. The topological polar surface area (TPSA) is 135 Å². The van der Waals surface area contributed by atoms with Gasteiger partial charge in [0.1, 0.15) is 17.2 Å². The number of aromatic nitrogens is 7. The number of aromatic amines is 1. The Bertz CT molecular complexity index is 963. The van der Waals surface area contributed by atoms with Crippen molar-refractivity contribution in [3.8, 4) is 11.5 Å². The predicted molar refractivity (Wildman–Crippen MR) is 87.8 cm³/mol. The number of fused-ring (bicyclic) bond motifs is 1. The van der Waals surface area contributed by atoms with E-state index < -0.39 is 0 Å². The minimum atomic E-state index is -0.389. The molecule has 132 valence electrons. The molecule has 0 unspecified atom stereocenters. The minimum Gasteiger partial charge on any atom is -0.343 e. The van der Waals surface area contributed by atoms with Crippen molar-refractivity contribution in [3.05, 3.63) is 41.9 Å². The molecule has 2 N–H and O–H groups in total. The van der Waals surface area contributed by atoms with Crippen LogP contribution in [0.1, 0.15) is 26.8 Å². The fraction of sp³-hybridized carbons (Fsp3) is 0.267. The highest BCUT2D eigenvalue weighted by Gasteiger charge is 2.25. The highest BCUT2D eigenvalue weighted by atomic mass is 16.2. The van der Waals surface area contributed by atoms with Crippen LogP contribution in [0, 0.1) is 0 Å². The smallest absolute Gasteiger partial charge is 0.272 e. The maximum atomic E-state index is 12.3. The number of likely N-dealkylation sites (N-methyl/N-ethyl adjacent to an activating group) is 1. The summed E-state index contributed by atoms with van der Waals surface area (Å²) in [4.78, 5) is 38.3. The Morgan fingerprint density at radius 3 is 3.04 bits per heavy atom. The average Bonchev–Trinajstić information content (AvgIpc) is 3.31. The van der Waals surface area contributed by atoms with Crippen molar-refractivity contribution in [2.24, 2.45) is 0 Å². The number of nitrogens with zero attached hydrogens (tertiary/aromatic N) is 7. The third-order valence-electron chi connectivity index (χ3n) is 3.97. The van der Waals surface area contributed by atoms with Gasteiger partial charge in [-0.2, -0.15) is 10.2 Å². The summed E-state index contributed by atoms with van der Waals surface area (Å²) >= 11 is 0. The van der Waals surface area contributed by atoms with E-state index in [0.29, 0.717) is 36.1 Å². The van der Waals surface area contributed by atoms with Gasteiger partial charge >= 0.3 is 0 Å². The SMILES string of the molecule is CN1CCn2nc(C(=O)NCc3nc(-c4cnccn4)n[nH]3)cc2C1=O. The zero-order valence-corrected chi connectivity index (χ0v) is 13.9. The summed E-state index contributed by atoms with van der Waals surface area (Å²) in [6, 6.07) is 1.50. The molecule has 1 aliphatic heterocycles. The summed E-state index contributed by atoms with van der Waals surface area (Å²) in [5, 5.41) is 13.7. The van der Waals surface area contributed by atoms with Crippen molar-refractivity contribution in [2.45, 2.75) is 13.1 Å². The van der Waals surface area contributed by atoms with Gasteiger partial charge in [0.2, 0.25) is 5.82 Å². The Morgan fingerprint density at radius 2 is 2.23 bits per heavy atom. The van der Waals surface area contributed by atoms with Crippen LogP contribution in [0.3, 0.4) is 0 Å². The molecule has 0 aliphatic carbocycles. The van der Waals surface area contributed by atoms with Crippen molar-refractivity contribution < 1.29 is 9.59 Å². The average molecular weight is 353 g/mol. The lowest BCUT2D eigenvalue weighted by molar-refractivity contribution is 0.0742. The summed E-state index contributed by atoms with van der Waals surface area (Å²) in [6.07, 6.45) is 4.66. The normalized spacial score (nSPS) is 13.6. The monoisotopic (exact) mass is 353 g/mol. The maximum Gasteiger partial charge on any atom is 0.272 e. The summed E-state index contributed by atoms with van der Waals surface area (Å²) in [5.41, 5.74) is 1.14. The number of hydrogen-bond acceptors (Lipinski definition) is 7. The number of hydrogen-bond donors (Lipinski definition) is 2. The Balaban J connectivity index is 1.43. The molecular formula is C15H15N9O2. The third kappa shape index (κ3) is 2.90. The van der Waals surface area contributed by atoms with Crippen molar-refractivity contribution in [1.82, 2.24) is 45.1 Å². The van der Waals surface area contributed by atoms with E-state index in [0.717, 1.165) is 0 Å². The number of H-pyrrole nitrogens is 1. The Morgan fingerprint density at radius 1 is 1.35 bits per heavy atom. The van der Waals surface area contributed by atoms with Gasteiger partial charge in [0, 0.05) is 32.1 Å². The van der Waals surface area contributed by atoms with E-state index in [1.165, 1.54) is 6.07 Å². The quantitative estimate of drug-likeness (QED) is 0.644. The molecule has 1 aliphatic rings. The Kier molecular flexibility index (Phi) is 3.88. The molecule has 11 nitrogen and oxygen atoms in total. The molecule has 26 heavy (non-hydrogen) atoms. The molecular weight excluding hydrogens is 338 g/mol. The molecule has 0 fully saturated rings. The second-order valence-corrected chi connectivity index (χ2v) is 5.74. The lowest BCUT2D eigenvalue weighted by atomic mass is 10.2. The summed E-state index contributed by atoms with van der Waals surface area (Å²) in [6.45, 7) is 1.27. The van der Waals surface area contributed by atoms with Gasteiger partial charge in [-0.1, -0.05) is 0 Å². The maximum absolute atomic E-state index is 12.3. The van der Waals surface area contributed by atoms with Crippen LogP contribution in [0.4, 0.5) is 0 Å². The first-order chi connectivity index (χ1) is 12.6. The molecule has 4 rings (SSSR count). The van der Waals surface area contributed by atoms with Crippen molar-refractivity contribution in [3.63, 3.8) is 0 Å². The molecule has 0 atom stereocenters. The molecule has 11 heteroatoms. The molecule has 4 heterocycles. The van der Waals surface area contributed by atoms with E-state index in [-0.39, 0.29) is 24.1 Å². The fourth-order valence-electron chi connectivity index (χ4n) is 2.57. The summed E-state index contributed by atoms with van der Waals surface area (Å²) < 4.78 is 1.55. The lowest BCUT2D eigenvalue weighted by Crippen LogP contribution is -2.37. The van der Waals surface area contributed by atoms with Crippen LogP contribution >= 0.6 is 0 Å². The highest BCUT2D eigenvalue weighted by molar-refractivity contribution is 5.98. The Hall–Kier alpha value is -3.63. The molecule has 3 aromatic rings. The number of carbonyl (C=O) groups excluding carboxylic acids is 2. The van der Waals surface area contributed by atoms with Crippen LogP contribution in [0.2, 0.25) is 0 Å². The van der Waals surface area contributed by atoms with E-state index in [4.69, 9.17) is 0 Å². The molecule has 0 bridgehead atoms. The zero-order valence-electron chi connectivity index (χ0n) is 13.9. The van der Waals surface area contributed by atoms with E-state index in [1.807, 2.05) is 0 Å². The van der Waals surface area contributed by atoms with E-state index in [9.17, 15) is 9.59 Å². The molecule has 0 saturated carbocycles. The summed E-state index contributed by atoms with van der Waals surface area (Å²) in [7, 11) is 1.72. The second-order valence-electron chi connectivity index (χ2n) is 5.74. The van der Waals surface area contributed by atoms with Crippen LogP contribution in [0.5, 0.6) is 0 Å². The minimum absolute atomic E-state index is 0.141. The van der Waals surface area contributed by atoms with Crippen LogP contribution in [-0.2, 0) is 13.1 Å². The number of rotatable bonds is 4. The van der Waals surface area contributed by atoms with Crippen molar-refractivity contribution in [1.29, 1.82) is 0 Å². The van der Waals surface area contributed by atoms with Crippen LogP contribution < -0.4 is 5.32 Å². The number of carbonyl (C=O) groups is 2. The molecule has 0 saturated heterocycles. The molecule has 2 amide bonds. The van der Waals surface area contributed by atoms with Gasteiger partial charge < -0.3 is 10.2 Å². The first kappa shape index (κ1) is 15.9. The van der Waals surface area contributed by atoms with Gasteiger partial charge in [-0.15, -0.1) is 0 Å². The molecule has 0 aromatic carbocycles. The third-order valence-corrected chi connectivity index (χ3v) is 3.97.